The molecule has 2 fully saturated rings. The number of rotatable bonds is 8. The minimum atomic E-state index is -4.65. The molecule has 1 saturated heterocycles. The molecule has 2 N–H and O–H groups in total. The van der Waals surface area contributed by atoms with Gasteiger partial charge in [0.2, 0.25) is 0 Å². The van der Waals surface area contributed by atoms with Gasteiger partial charge in [0, 0.05) is 37.4 Å². The molecule has 30 heavy (non-hydrogen) atoms. The topological polar surface area (TPSA) is 51.6 Å². The average Bonchev–Trinajstić information content (AvgIpc) is 3.04. The van der Waals surface area contributed by atoms with Crippen LogP contribution in [-0.2, 0) is 4.74 Å². The maximum atomic E-state index is 12.6. The van der Waals surface area contributed by atoms with Gasteiger partial charge >= 0.3 is 6.36 Å². The first-order valence-corrected chi connectivity index (χ1v) is 10.8. The third-order valence-corrected chi connectivity index (χ3v) is 7.13. The summed E-state index contributed by atoms with van der Waals surface area (Å²) in [7, 11) is 0. The van der Waals surface area contributed by atoms with Crippen LogP contribution >= 0.6 is 0 Å². The van der Waals surface area contributed by atoms with Crippen molar-refractivity contribution in [3.63, 3.8) is 0 Å². The monoisotopic (exact) mass is 424 g/mol. The van der Waals surface area contributed by atoms with Gasteiger partial charge in [0.15, 0.2) is 0 Å². The fourth-order valence-corrected chi connectivity index (χ4v) is 5.34. The van der Waals surface area contributed by atoms with E-state index >= 15 is 0 Å². The summed E-state index contributed by atoms with van der Waals surface area (Å²) in [5.41, 5.74) is 5.59. The zero-order valence-electron chi connectivity index (χ0n) is 17.6. The SMILES string of the molecule is Cc1ccc(C(C)CCN2CC3C(C2)C3CC2(CN)C=CC=C(OC(F)(F)F)C2)o1. The molecule has 0 amide bonds. The molecular weight excluding hydrogens is 393 g/mol. The summed E-state index contributed by atoms with van der Waals surface area (Å²) in [6, 6.07) is 4.07. The largest absolute Gasteiger partial charge is 0.572 e. The number of furan rings is 1. The fourth-order valence-electron chi connectivity index (χ4n) is 5.34. The van der Waals surface area contributed by atoms with Crippen LogP contribution in [-0.4, -0.2) is 37.4 Å². The van der Waals surface area contributed by atoms with Gasteiger partial charge in [0.1, 0.15) is 17.3 Å². The Bertz CT molecular complexity index is 804. The normalized spacial score (nSPS) is 32.1. The van der Waals surface area contributed by atoms with E-state index in [4.69, 9.17) is 10.2 Å². The van der Waals surface area contributed by atoms with E-state index in [9.17, 15) is 13.2 Å². The van der Waals surface area contributed by atoms with Gasteiger partial charge in [-0.05, 0) is 62.3 Å². The minimum Gasteiger partial charge on any atom is -0.466 e. The molecule has 0 bridgehead atoms. The van der Waals surface area contributed by atoms with E-state index in [-0.39, 0.29) is 12.2 Å². The maximum Gasteiger partial charge on any atom is 0.572 e. The van der Waals surface area contributed by atoms with Crippen LogP contribution in [0.15, 0.2) is 40.5 Å². The molecule has 166 valence electrons. The molecule has 1 aromatic heterocycles. The number of nitrogens with zero attached hydrogens (tertiary/aromatic N) is 1. The lowest BCUT2D eigenvalue weighted by molar-refractivity contribution is -0.307. The van der Waals surface area contributed by atoms with Gasteiger partial charge in [-0.2, -0.15) is 0 Å². The Morgan fingerprint density at radius 3 is 2.63 bits per heavy atom. The highest BCUT2D eigenvalue weighted by Gasteiger charge is 2.57. The van der Waals surface area contributed by atoms with Gasteiger partial charge in [0.25, 0.3) is 0 Å². The fraction of sp³-hybridized carbons (Fsp3) is 0.652. The van der Waals surface area contributed by atoms with E-state index in [2.05, 4.69) is 22.6 Å². The number of halogens is 3. The zero-order chi connectivity index (χ0) is 21.5. The maximum absolute atomic E-state index is 12.6. The molecule has 1 saturated carbocycles. The molecule has 4 nitrogen and oxygen atoms in total. The standard InChI is InChI=1S/C23H31F3N2O2/c1-15(21-6-5-16(2)29-21)7-9-28-12-19-18(20(19)13-28)11-22(14-27)8-3-4-17(10-22)30-23(24,25)26/h3-6,8,15,18-20H,7,9-14,27H2,1-2H3. The predicted molar refractivity (Wildman–Crippen MR) is 108 cm³/mol. The van der Waals surface area contributed by atoms with Gasteiger partial charge in [0.05, 0.1) is 0 Å². The van der Waals surface area contributed by atoms with Crippen molar-refractivity contribution in [2.75, 3.05) is 26.2 Å². The number of likely N-dealkylation sites (tertiary alicyclic amines) is 1. The first kappa shape index (κ1) is 21.5. The van der Waals surface area contributed by atoms with Crippen LogP contribution in [0.2, 0.25) is 0 Å². The quantitative estimate of drug-likeness (QED) is 0.640. The lowest BCUT2D eigenvalue weighted by Gasteiger charge is -2.33. The van der Waals surface area contributed by atoms with E-state index in [1.165, 1.54) is 6.08 Å². The van der Waals surface area contributed by atoms with Crippen LogP contribution in [0.3, 0.4) is 0 Å². The van der Waals surface area contributed by atoms with Crippen molar-refractivity contribution >= 4 is 0 Å². The summed E-state index contributed by atoms with van der Waals surface area (Å²) < 4.78 is 47.7. The first-order chi connectivity index (χ1) is 14.2. The number of allylic oxidation sites excluding steroid dienone is 3. The second kappa shape index (κ2) is 8.08. The lowest BCUT2D eigenvalue weighted by atomic mass is 9.76. The molecule has 1 aliphatic heterocycles. The number of fused-ring (bicyclic) bond motifs is 1. The Labute approximate surface area is 175 Å². The first-order valence-electron chi connectivity index (χ1n) is 10.8. The molecule has 7 heteroatoms. The molecule has 0 radical (unpaired) electrons. The Morgan fingerprint density at radius 1 is 1.30 bits per heavy atom. The molecule has 3 aliphatic rings. The third kappa shape index (κ3) is 4.78. The number of alkyl halides is 3. The number of hydrogen-bond donors (Lipinski definition) is 1. The van der Waals surface area contributed by atoms with E-state index in [0.29, 0.717) is 30.2 Å². The van der Waals surface area contributed by atoms with Crippen molar-refractivity contribution in [3.05, 3.63) is 47.6 Å². The predicted octanol–water partition coefficient (Wildman–Crippen LogP) is 4.97. The van der Waals surface area contributed by atoms with E-state index < -0.39 is 11.8 Å². The highest BCUT2D eigenvalue weighted by atomic mass is 19.4. The molecule has 2 heterocycles. The summed E-state index contributed by atoms with van der Waals surface area (Å²) in [6.45, 7) is 7.70. The zero-order valence-corrected chi connectivity index (χ0v) is 17.6. The van der Waals surface area contributed by atoms with Crippen molar-refractivity contribution in [2.24, 2.45) is 28.9 Å². The smallest absolute Gasteiger partial charge is 0.466 e. The number of aryl methyl sites for hydroxylation is 1. The number of hydrogen-bond acceptors (Lipinski definition) is 4. The van der Waals surface area contributed by atoms with Crippen molar-refractivity contribution < 1.29 is 22.3 Å². The van der Waals surface area contributed by atoms with E-state index in [1.54, 1.807) is 6.08 Å². The molecule has 4 unspecified atom stereocenters. The highest BCUT2D eigenvalue weighted by molar-refractivity contribution is 5.23. The van der Waals surface area contributed by atoms with Crippen molar-refractivity contribution in [1.82, 2.24) is 4.90 Å². The Kier molecular flexibility index (Phi) is 5.79. The molecule has 4 atom stereocenters. The van der Waals surface area contributed by atoms with Crippen molar-refractivity contribution in [1.29, 1.82) is 0 Å². The molecule has 2 aliphatic carbocycles. The van der Waals surface area contributed by atoms with Crippen LogP contribution in [0.25, 0.3) is 0 Å². The van der Waals surface area contributed by atoms with Crippen LogP contribution in [0.1, 0.15) is 43.6 Å². The average molecular weight is 425 g/mol. The summed E-state index contributed by atoms with van der Waals surface area (Å²) in [5.74, 6) is 4.19. The molecule has 4 rings (SSSR count). The van der Waals surface area contributed by atoms with Crippen molar-refractivity contribution in [3.8, 4) is 0 Å². The third-order valence-electron chi connectivity index (χ3n) is 7.13. The van der Waals surface area contributed by atoms with Crippen LogP contribution in [0, 0.1) is 30.1 Å². The lowest BCUT2D eigenvalue weighted by Crippen LogP contribution is -2.34. The Morgan fingerprint density at radius 2 is 2.03 bits per heavy atom. The molecule has 0 spiro atoms. The van der Waals surface area contributed by atoms with Gasteiger partial charge in [-0.25, -0.2) is 0 Å². The summed E-state index contributed by atoms with van der Waals surface area (Å²) in [4.78, 5) is 2.52. The molecule has 1 aromatic rings. The van der Waals surface area contributed by atoms with Crippen LogP contribution in [0.4, 0.5) is 13.2 Å². The second-order valence-electron chi connectivity index (χ2n) is 9.38. The number of piperidine rings is 1. The molecular formula is C23H31F3N2O2. The second-order valence-corrected chi connectivity index (χ2v) is 9.38. The van der Waals surface area contributed by atoms with Gasteiger partial charge in [-0.3, -0.25) is 0 Å². The summed E-state index contributed by atoms with van der Waals surface area (Å²) in [5, 5.41) is 0. The van der Waals surface area contributed by atoms with Crippen LogP contribution < -0.4 is 5.73 Å². The minimum absolute atomic E-state index is 0.0370. The van der Waals surface area contributed by atoms with Crippen LogP contribution in [0.5, 0.6) is 0 Å². The summed E-state index contributed by atoms with van der Waals surface area (Å²) >= 11 is 0. The molecule has 0 aromatic carbocycles. The van der Waals surface area contributed by atoms with Gasteiger partial charge < -0.3 is 19.8 Å². The number of nitrogens with two attached hydrogens (primary N) is 1. The Balaban J connectivity index is 1.25. The number of ether oxygens (including phenoxy) is 1. The van der Waals surface area contributed by atoms with Gasteiger partial charge in [-0.1, -0.05) is 19.1 Å². The van der Waals surface area contributed by atoms with Gasteiger partial charge in [-0.15, -0.1) is 13.2 Å². The van der Waals surface area contributed by atoms with E-state index in [1.807, 2.05) is 19.1 Å². The summed E-state index contributed by atoms with van der Waals surface area (Å²) in [6.07, 6.45) is 2.52. The van der Waals surface area contributed by atoms with Crippen molar-refractivity contribution in [2.45, 2.75) is 45.4 Å². The Hall–Kier alpha value is -1.73. The highest BCUT2D eigenvalue weighted by Crippen LogP contribution is 2.57. The van der Waals surface area contributed by atoms with E-state index in [0.717, 1.165) is 44.0 Å².